The third kappa shape index (κ3) is 3.70. The molecular weight excluding hydrogens is 214 g/mol. The SMILES string of the molecule is CCOC(=O)C(CC)N1CCC(C)(CC)CC1. The van der Waals surface area contributed by atoms with Crippen LogP contribution in [0.2, 0.25) is 0 Å². The largest absolute Gasteiger partial charge is 0.465 e. The van der Waals surface area contributed by atoms with E-state index in [0.717, 1.165) is 19.5 Å². The van der Waals surface area contributed by atoms with Crippen molar-refractivity contribution in [1.82, 2.24) is 4.90 Å². The molecule has 3 nitrogen and oxygen atoms in total. The lowest BCUT2D eigenvalue weighted by atomic mass is 9.78. The van der Waals surface area contributed by atoms with E-state index in [1.165, 1.54) is 19.3 Å². The van der Waals surface area contributed by atoms with Gasteiger partial charge in [-0.3, -0.25) is 9.69 Å². The number of carbonyl (C=O) groups excluding carboxylic acids is 1. The quantitative estimate of drug-likeness (QED) is 0.693. The summed E-state index contributed by atoms with van der Waals surface area (Å²) in [5, 5.41) is 0. The van der Waals surface area contributed by atoms with Crippen molar-refractivity contribution in [3.63, 3.8) is 0 Å². The molecule has 1 heterocycles. The normalized spacial score (nSPS) is 22.1. The van der Waals surface area contributed by atoms with E-state index in [-0.39, 0.29) is 12.0 Å². The fourth-order valence-corrected chi connectivity index (χ4v) is 2.54. The molecule has 0 radical (unpaired) electrons. The Morgan fingerprint density at radius 2 is 1.88 bits per heavy atom. The van der Waals surface area contributed by atoms with Gasteiger partial charge in [0.15, 0.2) is 0 Å². The summed E-state index contributed by atoms with van der Waals surface area (Å²) in [6.07, 6.45) is 4.47. The topological polar surface area (TPSA) is 29.5 Å². The van der Waals surface area contributed by atoms with Gasteiger partial charge in [0.2, 0.25) is 0 Å². The van der Waals surface area contributed by atoms with E-state index in [1.807, 2.05) is 6.92 Å². The zero-order valence-electron chi connectivity index (χ0n) is 11.8. The van der Waals surface area contributed by atoms with Crippen LogP contribution in [0.5, 0.6) is 0 Å². The number of hydrogen-bond acceptors (Lipinski definition) is 3. The zero-order chi connectivity index (χ0) is 12.9. The molecule has 1 fully saturated rings. The van der Waals surface area contributed by atoms with Gasteiger partial charge in [-0.15, -0.1) is 0 Å². The molecule has 0 bridgehead atoms. The van der Waals surface area contributed by atoms with Gasteiger partial charge in [-0.2, -0.15) is 0 Å². The van der Waals surface area contributed by atoms with Crippen molar-refractivity contribution in [2.75, 3.05) is 19.7 Å². The second-order valence-corrected chi connectivity index (χ2v) is 5.38. The first-order valence-corrected chi connectivity index (χ1v) is 6.97. The Labute approximate surface area is 106 Å². The second-order valence-electron chi connectivity index (χ2n) is 5.38. The second kappa shape index (κ2) is 6.39. The minimum atomic E-state index is -0.0462. The number of nitrogens with zero attached hydrogens (tertiary/aromatic N) is 1. The number of esters is 1. The molecule has 0 saturated carbocycles. The van der Waals surface area contributed by atoms with E-state index >= 15 is 0 Å². The van der Waals surface area contributed by atoms with E-state index in [2.05, 4.69) is 25.7 Å². The van der Waals surface area contributed by atoms with Crippen LogP contribution in [0.15, 0.2) is 0 Å². The summed E-state index contributed by atoms with van der Waals surface area (Å²) in [6.45, 7) is 11.1. The van der Waals surface area contributed by atoms with Gasteiger partial charge in [-0.05, 0) is 44.7 Å². The molecule has 100 valence electrons. The third-order valence-corrected chi connectivity index (χ3v) is 4.24. The Bertz CT molecular complexity index is 245. The Balaban J connectivity index is 2.53. The lowest BCUT2D eigenvalue weighted by Gasteiger charge is -2.41. The van der Waals surface area contributed by atoms with Gasteiger partial charge in [-0.1, -0.05) is 27.2 Å². The van der Waals surface area contributed by atoms with E-state index < -0.39 is 0 Å². The first-order chi connectivity index (χ1) is 8.06. The van der Waals surface area contributed by atoms with Crippen LogP contribution >= 0.6 is 0 Å². The summed E-state index contributed by atoms with van der Waals surface area (Å²) in [5.74, 6) is -0.0462. The first-order valence-electron chi connectivity index (χ1n) is 6.97. The van der Waals surface area contributed by atoms with Crippen LogP contribution in [-0.4, -0.2) is 36.6 Å². The van der Waals surface area contributed by atoms with E-state index in [1.54, 1.807) is 0 Å². The average Bonchev–Trinajstić information content (AvgIpc) is 2.33. The predicted molar refractivity (Wildman–Crippen MR) is 69.9 cm³/mol. The molecule has 1 unspecified atom stereocenters. The van der Waals surface area contributed by atoms with Gasteiger partial charge in [-0.25, -0.2) is 0 Å². The Morgan fingerprint density at radius 1 is 1.29 bits per heavy atom. The molecule has 1 aliphatic heterocycles. The van der Waals surface area contributed by atoms with Crippen molar-refractivity contribution < 1.29 is 9.53 Å². The van der Waals surface area contributed by atoms with Gasteiger partial charge >= 0.3 is 5.97 Å². The first kappa shape index (κ1) is 14.5. The lowest BCUT2D eigenvalue weighted by molar-refractivity contribution is -0.150. The van der Waals surface area contributed by atoms with Gasteiger partial charge in [0.25, 0.3) is 0 Å². The van der Waals surface area contributed by atoms with Crippen molar-refractivity contribution in [3.8, 4) is 0 Å². The van der Waals surface area contributed by atoms with Crippen molar-refractivity contribution in [2.45, 2.75) is 59.4 Å². The van der Waals surface area contributed by atoms with E-state index in [9.17, 15) is 4.79 Å². The maximum atomic E-state index is 11.8. The highest BCUT2D eigenvalue weighted by Crippen LogP contribution is 2.34. The summed E-state index contributed by atoms with van der Waals surface area (Å²) in [7, 11) is 0. The molecule has 0 aromatic heterocycles. The highest BCUT2D eigenvalue weighted by molar-refractivity contribution is 5.75. The van der Waals surface area contributed by atoms with Gasteiger partial charge in [0.05, 0.1) is 6.61 Å². The highest BCUT2D eigenvalue weighted by atomic mass is 16.5. The molecule has 17 heavy (non-hydrogen) atoms. The predicted octanol–water partition coefficient (Wildman–Crippen LogP) is 2.84. The third-order valence-electron chi connectivity index (χ3n) is 4.24. The van der Waals surface area contributed by atoms with E-state index in [4.69, 9.17) is 4.74 Å². The van der Waals surface area contributed by atoms with Crippen molar-refractivity contribution in [1.29, 1.82) is 0 Å². The number of likely N-dealkylation sites (tertiary alicyclic amines) is 1. The van der Waals surface area contributed by atoms with Crippen molar-refractivity contribution in [3.05, 3.63) is 0 Å². The minimum Gasteiger partial charge on any atom is -0.465 e. The number of carbonyl (C=O) groups is 1. The molecule has 0 amide bonds. The molecule has 0 aliphatic carbocycles. The average molecular weight is 241 g/mol. The summed E-state index contributed by atoms with van der Waals surface area (Å²) in [6, 6.07) is -0.0312. The standard InChI is InChI=1S/C14H27NO2/c1-5-12(13(16)17-7-3)15-10-8-14(4,6-2)9-11-15/h12H,5-11H2,1-4H3. The van der Waals surface area contributed by atoms with Crippen LogP contribution in [0, 0.1) is 5.41 Å². The van der Waals surface area contributed by atoms with Crippen LogP contribution in [0.1, 0.15) is 53.4 Å². The molecule has 3 heteroatoms. The fourth-order valence-electron chi connectivity index (χ4n) is 2.54. The molecule has 0 spiro atoms. The molecule has 0 aromatic rings. The van der Waals surface area contributed by atoms with Gasteiger partial charge in [0.1, 0.15) is 6.04 Å². The molecule has 1 aliphatic rings. The summed E-state index contributed by atoms with van der Waals surface area (Å²) < 4.78 is 5.15. The van der Waals surface area contributed by atoms with Crippen molar-refractivity contribution in [2.24, 2.45) is 5.41 Å². The van der Waals surface area contributed by atoms with Crippen molar-refractivity contribution >= 4 is 5.97 Å². The van der Waals surface area contributed by atoms with Crippen LogP contribution < -0.4 is 0 Å². The summed E-state index contributed by atoms with van der Waals surface area (Å²) >= 11 is 0. The fraction of sp³-hybridized carbons (Fsp3) is 0.929. The summed E-state index contributed by atoms with van der Waals surface area (Å²) in [4.78, 5) is 14.1. The number of piperidine rings is 1. The monoisotopic (exact) mass is 241 g/mol. The lowest BCUT2D eigenvalue weighted by Crippen LogP contribution is -2.48. The zero-order valence-corrected chi connectivity index (χ0v) is 11.8. The van der Waals surface area contributed by atoms with Gasteiger partial charge < -0.3 is 4.74 Å². The Morgan fingerprint density at radius 3 is 2.29 bits per heavy atom. The molecule has 0 N–H and O–H groups in total. The summed E-state index contributed by atoms with van der Waals surface area (Å²) in [5.41, 5.74) is 0.476. The number of rotatable bonds is 5. The minimum absolute atomic E-state index is 0.0312. The maximum Gasteiger partial charge on any atom is 0.323 e. The molecular formula is C14H27NO2. The number of ether oxygens (including phenoxy) is 1. The maximum absolute atomic E-state index is 11.8. The number of hydrogen-bond donors (Lipinski definition) is 0. The molecule has 0 aromatic carbocycles. The van der Waals surface area contributed by atoms with Crippen LogP contribution in [0.25, 0.3) is 0 Å². The molecule has 1 atom stereocenters. The highest BCUT2D eigenvalue weighted by Gasteiger charge is 2.33. The van der Waals surface area contributed by atoms with Crippen LogP contribution in [0.3, 0.4) is 0 Å². The van der Waals surface area contributed by atoms with Gasteiger partial charge in [0, 0.05) is 0 Å². The Kier molecular flexibility index (Phi) is 5.44. The smallest absolute Gasteiger partial charge is 0.323 e. The van der Waals surface area contributed by atoms with Crippen LogP contribution in [0.4, 0.5) is 0 Å². The van der Waals surface area contributed by atoms with E-state index in [0.29, 0.717) is 12.0 Å². The molecule has 1 rings (SSSR count). The van der Waals surface area contributed by atoms with Crippen LogP contribution in [-0.2, 0) is 9.53 Å². The Hall–Kier alpha value is -0.570. The molecule has 1 saturated heterocycles.